The molecule has 2 aromatic rings. The van der Waals surface area contributed by atoms with Crippen LogP contribution in [0.4, 0.5) is 4.39 Å². The van der Waals surface area contributed by atoms with E-state index in [0.29, 0.717) is 5.65 Å². The lowest BCUT2D eigenvalue weighted by molar-refractivity contribution is 0.614. The van der Waals surface area contributed by atoms with E-state index in [4.69, 9.17) is 0 Å². The van der Waals surface area contributed by atoms with Gasteiger partial charge in [0.1, 0.15) is 5.82 Å². The fraction of sp³-hybridized carbons (Fsp3) is 0.333. The minimum atomic E-state index is -0.358. The Hall–Kier alpha value is -1.45. The zero-order valence-corrected chi connectivity index (χ0v) is 7.95. The van der Waals surface area contributed by atoms with Crippen LogP contribution < -0.4 is 0 Å². The highest BCUT2D eigenvalue weighted by Gasteiger charge is 1.98. The number of hydrogen-bond donors (Lipinski definition) is 0. The second kappa shape index (κ2) is 3.98. The van der Waals surface area contributed by atoms with Crippen LogP contribution in [0.2, 0.25) is 0 Å². The Labute approximate surface area is 76.2 Å². The molecule has 2 heterocycles. The molecule has 0 atom stereocenters. The van der Waals surface area contributed by atoms with Crippen LogP contribution in [0.1, 0.15) is 19.5 Å². The molecule has 13 heavy (non-hydrogen) atoms. The molecule has 0 aliphatic heterocycles. The molecule has 0 saturated carbocycles. The van der Waals surface area contributed by atoms with Crippen molar-refractivity contribution in [3.05, 3.63) is 30.0 Å². The minimum Gasteiger partial charge on any atom is -0.232 e. The van der Waals surface area contributed by atoms with Crippen molar-refractivity contribution in [2.45, 2.75) is 20.8 Å². The van der Waals surface area contributed by atoms with Crippen LogP contribution in [0.25, 0.3) is 5.65 Å². The van der Waals surface area contributed by atoms with Gasteiger partial charge in [-0.15, -0.1) is 0 Å². The van der Waals surface area contributed by atoms with Crippen molar-refractivity contribution in [1.82, 2.24) is 14.6 Å². The third-order valence-corrected chi connectivity index (χ3v) is 1.41. The van der Waals surface area contributed by atoms with E-state index >= 15 is 0 Å². The summed E-state index contributed by atoms with van der Waals surface area (Å²) in [6, 6.07) is 1.35. The van der Waals surface area contributed by atoms with E-state index in [1.165, 1.54) is 6.07 Å². The summed E-state index contributed by atoms with van der Waals surface area (Å²) in [6.07, 6.45) is 2.91. The molecule has 3 nitrogen and oxygen atoms in total. The molecule has 0 saturated heterocycles. The number of aryl methyl sites for hydroxylation is 1. The average Bonchev–Trinajstić information content (AvgIpc) is 2.48. The van der Waals surface area contributed by atoms with Gasteiger partial charge in [0.2, 0.25) is 0 Å². The van der Waals surface area contributed by atoms with Gasteiger partial charge >= 0.3 is 0 Å². The summed E-state index contributed by atoms with van der Waals surface area (Å²) in [7, 11) is 0. The Morgan fingerprint density at radius 2 is 2.08 bits per heavy atom. The molecule has 0 spiro atoms. The van der Waals surface area contributed by atoms with Crippen molar-refractivity contribution in [2.24, 2.45) is 0 Å². The van der Waals surface area contributed by atoms with Gasteiger partial charge in [0.15, 0.2) is 5.65 Å². The highest BCUT2D eigenvalue weighted by Crippen LogP contribution is 2.03. The molecular weight excluding hydrogens is 169 g/mol. The van der Waals surface area contributed by atoms with Crippen LogP contribution >= 0.6 is 0 Å². The molecule has 0 aliphatic rings. The van der Waals surface area contributed by atoms with Gasteiger partial charge in [-0.2, -0.15) is 5.10 Å². The van der Waals surface area contributed by atoms with E-state index < -0.39 is 0 Å². The largest absolute Gasteiger partial charge is 0.232 e. The van der Waals surface area contributed by atoms with Crippen molar-refractivity contribution in [3.8, 4) is 0 Å². The Balaban J connectivity index is 0.000000396. The lowest BCUT2D eigenvalue weighted by Gasteiger charge is -1.88. The summed E-state index contributed by atoms with van der Waals surface area (Å²) in [5.41, 5.74) is 1.38. The molecule has 0 unspecified atom stereocenters. The normalized spacial score (nSPS) is 9.54. The van der Waals surface area contributed by atoms with E-state index in [9.17, 15) is 4.39 Å². The van der Waals surface area contributed by atoms with Crippen LogP contribution in [-0.4, -0.2) is 14.6 Å². The number of imidazole rings is 1. The topological polar surface area (TPSA) is 30.2 Å². The Bertz CT molecular complexity index is 395. The predicted octanol–water partition coefficient (Wildman–Crippen LogP) is 2.20. The number of nitrogens with zero attached hydrogens (tertiary/aromatic N) is 3. The van der Waals surface area contributed by atoms with Gasteiger partial charge < -0.3 is 0 Å². The molecule has 0 fully saturated rings. The number of fused-ring (bicyclic) bond motifs is 1. The molecule has 0 N–H and O–H groups in total. The quantitative estimate of drug-likeness (QED) is 0.623. The lowest BCUT2D eigenvalue weighted by atomic mass is 10.5. The first-order chi connectivity index (χ1) is 6.25. The predicted molar refractivity (Wildman–Crippen MR) is 49.0 cm³/mol. The molecule has 2 aromatic heterocycles. The maximum absolute atomic E-state index is 12.5. The summed E-state index contributed by atoms with van der Waals surface area (Å²) < 4.78 is 14.1. The van der Waals surface area contributed by atoms with Gasteiger partial charge in [-0.25, -0.2) is 13.9 Å². The van der Waals surface area contributed by atoms with Crippen LogP contribution in [-0.2, 0) is 0 Å². The van der Waals surface area contributed by atoms with Gasteiger partial charge in [-0.05, 0) is 6.92 Å². The van der Waals surface area contributed by atoms with E-state index in [1.54, 1.807) is 10.7 Å². The molecule has 0 radical (unpaired) electrons. The van der Waals surface area contributed by atoms with Gasteiger partial charge in [0.25, 0.3) is 0 Å². The first-order valence-corrected chi connectivity index (χ1v) is 4.23. The maximum Gasteiger partial charge on any atom is 0.156 e. The van der Waals surface area contributed by atoms with Crippen LogP contribution in [0.3, 0.4) is 0 Å². The molecule has 0 aliphatic carbocycles. The standard InChI is InChI=1S/C7H6FN3.C2H6/c1-5-4-11-7(10-5)2-6(8)3-9-11;1-2/h2-4H,1H3;1-2H3. The van der Waals surface area contributed by atoms with Crippen molar-refractivity contribution >= 4 is 5.65 Å². The van der Waals surface area contributed by atoms with Crippen molar-refractivity contribution in [1.29, 1.82) is 0 Å². The van der Waals surface area contributed by atoms with E-state index in [0.717, 1.165) is 11.9 Å². The summed E-state index contributed by atoms with van der Waals surface area (Å²) in [6.45, 7) is 5.84. The fourth-order valence-electron chi connectivity index (χ4n) is 0.973. The maximum atomic E-state index is 12.5. The third-order valence-electron chi connectivity index (χ3n) is 1.41. The van der Waals surface area contributed by atoms with Gasteiger partial charge in [0.05, 0.1) is 18.1 Å². The van der Waals surface area contributed by atoms with Crippen molar-refractivity contribution < 1.29 is 4.39 Å². The molecule has 4 heteroatoms. The summed E-state index contributed by atoms with van der Waals surface area (Å²) in [5.74, 6) is -0.358. The molecular formula is C9H12FN3. The van der Waals surface area contributed by atoms with E-state index in [1.807, 2.05) is 20.8 Å². The smallest absolute Gasteiger partial charge is 0.156 e. The number of aromatic nitrogens is 3. The van der Waals surface area contributed by atoms with Crippen molar-refractivity contribution in [2.75, 3.05) is 0 Å². The van der Waals surface area contributed by atoms with E-state index in [2.05, 4.69) is 10.1 Å². The zero-order chi connectivity index (χ0) is 9.84. The van der Waals surface area contributed by atoms with Crippen LogP contribution in [0.5, 0.6) is 0 Å². The third kappa shape index (κ3) is 2.02. The van der Waals surface area contributed by atoms with Crippen LogP contribution in [0, 0.1) is 12.7 Å². The first kappa shape index (κ1) is 9.64. The summed E-state index contributed by atoms with van der Waals surface area (Å²) >= 11 is 0. The SMILES string of the molecule is CC.Cc1cn2ncc(F)cc2n1. The van der Waals surface area contributed by atoms with Crippen LogP contribution in [0.15, 0.2) is 18.5 Å². The molecule has 2 rings (SSSR count). The highest BCUT2D eigenvalue weighted by molar-refractivity contribution is 5.37. The molecule has 0 bridgehead atoms. The van der Waals surface area contributed by atoms with Gasteiger partial charge in [0, 0.05) is 6.07 Å². The van der Waals surface area contributed by atoms with Gasteiger partial charge in [-0.1, -0.05) is 13.8 Å². The summed E-state index contributed by atoms with van der Waals surface area (Å²) in [5, 5.41) is 3.78. The van der Waals surface area contributed by atoms with Crippen molar-refractivity contribution in [3.63, 3.8) is 0 Å². The summed E-state index contributed by atoms with van der Waals surface area (Å²) in [4.78, 5) is 4.03. The van der Waals surface area contributed by atoms with Gasteiger partial charge in [-0.3, -0.25) is 0 Å². The number of hydrogen-bond acceptors (Lipinski definition) is 2. The molecule has 0 aromatic carbocycles. The Morgan fingerprint density at radius 1 is 1.38 bits per heavy atom. The first-order valence-electron chi connectivity index (χ1n) is 4.23. The van der Waals surface area contributed by atoms with E-state index in [-0.39, 0.29) is 5.82 Å². The lowest BCUT2D eigenvalue weighted by Crippen LogP contribution is -1.89. The fourth-order valence-corrected chi connectivity index (χ4v) is 0.973. The Morgan fingerprint density at radius 3 is 2.77 bits per heavy atom. The zero-order valence-electron chi connectivity index (χ0n) is 7.95. The molecule has 0 amide bonds. The highest BCUT2D eigenvalue weighted by atomic mass is 19.1. The number of halogens is 1. The monoisotopic (exact) mass is 181 g/mol. The number of rotatable bonds is 0. The second-order valence-electron chi connectivity index (χ2n) is 2.36. The second-order valence-corrected chi connectivity index (χ2v) is 2.36. The Kier molecular flexibility index (Phi) is 2.95. The minimum absolute atomic E-state index is 0.358. The molecule has 70 valence electrons. The average molecular weight is 181 g/mol.